The SMILES string of the molecule is Cc1ccc(OC(F)F)c(-c2csc(NC3CC3)n2)c1. The van der Waals surface area contributed by atoms with Crippen LogP contribution in [0, 0.1) is 6.92 Å². The monoisotopic (exact) mass is 296 g/mol. The molecular weight excluding hydrogens is 282 g/mol. The number of aryl methyl sites for hydroxylation is 1. The van der Waals surface area contributed by atoms with Crippen LogP contribution in [0.3, 0.4) is 0 Å². The van der Waals surface area contributed by atoms with E-state index in [4.69, 9.17) is 0 Å². The Labute approximate surface area is 119 Å². The summed E-state index contributed by atoms with van der Waals surface area (Å²) in [5, 5.41) is 5.98. The normalized spacial score (nSPS) is 14.6. The number of benzene rings is 1. The van der Waals surface area contributed by atoms with Crippen molar-refractivity contribution in [3.8, 4) is 17.0 Å². The summed E-state index contributed by atoms with van der Waals surface area (Å²) < 4.78 is 29.5. The zero-order valence-electron chi connectivity index (χ0n) is 10.9. The second-order valence-corrected chi connectivity index (χ2v) is 5.69. The first-order valence-electron chi connectivity index (χ1n) is 6.40. The van der Waals surface area contributed by atoms with Crippen molar-refractivity contribution in [3.05, 3.63) is 29.1 Å². The molecule has 0 saturated heterocycles. The van der Waals surface area contributed by atoms with Crippen molar-refractivity contribution in [2.45, 2.75) is 32.4 Å². The second kappa shape index (κ2) is 5.36. The lowest BCUT2D eigenvalue weighted by atomic mass is 10.1. The molecular formula is C14H14F2N2OS. The maximum Gasteiger partial charge on any atom is 0.387 e. The van der Waals surface area contributed by atoms with Crippen LogP contribution in [-0.2, 0) is 0 Å². The van der Waals surface area contributed by atoms with Gasteiger partial charge in [0.15, 0.2) is 5.13 Å². The molecule has 20 heavy (non-hydrogen) atoms. The van der Waals surface area contributed by atoms with Gasteiger partial charge in [0.1, 0.15) is 5.75 Å². The Morgan fingerprint density at radius 3 is 2.90 bits per heavy atom. The summed E-state index contributed by atoms with van der Waals surface area (Å²) in [6.45, 7) is -0.926. The summed E-state index contributed by atoms with van der Waals surface area (Å²) in [5.41, 5.74) is 2.24. The molecule has 0 amide bonds. The molecule has 106 valence electrons. The minimum Gasteiger partial charge on any atom is -0.434 e. The number of nitrogens with zero attached hydrogens (tertiary/aromatic N) is 1. The third-order valence-electron chi connectivity index (χ3n) is 3.04. The number of nitrogens with one attached hydrogen (secondary N) is 1. The third-order valence-corrected chi connectivity index (χ3v) is 3.81. The number of anilines is 1. The average molecular weight is 296 g/mol. The van der Waals surface area contributed by atoms with Crippen molar-refractivity contribution in [1.29, 1.82) is 0 Å². The minimum absolute atomic E-state index is 0.161. The van der Waals surface area contributed by atoms with Crippen molar-refractivity contribution < 1.29 is 13.5 Å². The predicted molar refractivity (Wildman–Crippen MR) is 75.6 cm³/mol. The quantitative estimate of drug-likeness (QED) is 0.893. The minimum atomic E-state index is -2.83. The molecule has 1 aliphatic rings. The number of hydrogen-bond acceptors (Lipinski definition) is 4. The molecule has 6 heteroatoms. The number of hydrogen-bond donors (Lipinski definition) is 1. The number of rotatable bonds is 5. The van der Waals surface area contributed by atoms with Crippen LogP contribution in [0.25, 0.3) is 11.3 Å². The zero-order chi connectivity index (χ0) is 14.1. The first-order chi connectivity index (χ1) is 9.61. The van der Waals surface area contributed by atoms with Crippen LogP contribution >= 0.6 is 11.3 Å². The van der Waals surface area contributed by atoms with Gasteiger partial charge in [-0.15, -0.1) is 11.3 Å². The fraction of sp³-hybridized carbons (Fsp3) is 0.357. The van der Waals surface area contributed by atoms with Gasteiger partial charge in [-0.1, -0.05) is 11.6 Å². The first-order valence-corrected chi connectivity index (χ1v) is 7.27. The molecule has 2 aromatic rings. The fourth-order valence-electron chi connectivity index (χ4n) is 1.91. The van der Waals surface area contributed by atoms with E-state index in [0.29, 0.717) is 17.3 Å². The zero-order valence-corrected chi connectivity index (χ0v) is 11.7. The summed E-state index contributed by atoms with van der Waals surface area (Å²) in [4.78, 5) is 4.45. The fourth-order valence-corrected chi connectivity index (χ4v) is 2.70. The maximum absolute atomic E-state index is 12.4. The van der Waals surface area contributed by atoms with Gasteiger partial charge in [0.2, 0.25) is 0 Å². The van der Waals surface area contributed by atoms with E-state index >= 15 is 0 Å². The Balaban J connectivity index is 1.90. The molecule has 0 atom stereocenters. The average Bonchev–Trinajstić information content (AvgIpc) is 3.07. The summed E-state index contributed by atoms with van der Waals surface area (Å²) in [6.07, 6.45) is 2.33. The van der Waals surface area contributed by atoms with E-state index in [-0.39, 0.29) is 5.75 Å². The summed E-state index contributed by atoms with van der Waals surface area (Å²) >= 11 is 1.48. The highest BCUT2D eigenvalue weighted by Crippen LogP contribution is 2.35. The summed E-state index contributed by atoms with van der Waals surface area (Å²) in [6, 6.07) is 5.64. The van der Waals surface area contributed by atoms with Crippen LogP contribution in [0.5, 0.6) is 5.75 Å². The maximum atomic E-state index is 12.4. The molecule has 1 saturated carbocycles. The number of ether oxygens (including phenoxy) is 1. The highest BCUT2D eigenvalue weighted by atomic mass is 32.1. The largest absolute Gasteiger partial charge is 0.434 e. The molecule has 0 bridgehead atoms. The molecule has 1 fully saturated rings. The van der Waals surface area contributed by atoms with E-state index in [2.05, 4.69) is 15.0 Å². The molecule has 0 aliphatic heterocycles. The van der Waals surface area contributed by atoms with Crippen LogP contribution in [0.4, 0.5) is 13.9 Å². The van der Waals surface area contributed by atoms with Crippen molar-refractivity contribution in [2.75, 3.05) is 5.32 Å². The van der Waals surface area contributed by atoms with Gasteiger partial charge in [0.25, 0.3) is 0 Å². The Morgan fingerprint density at radius 1 is 1.40 bits per heavy atom. The predicted octanol–water partition coefficient (Wildman–Crippen LogP) is 4.29. The topological polar surface area (TPSA) is 34.1 Å². The summed E-state index contributed by atoms with van der Waals surface area (Å²) in [5.74, 6) is 0.161. The van der Waals surface area contributed by atoms with Gasteiger partial charge < -0.3 is 10.1 Å². The number of halogens is 2. The highest BCUT2D eigenvalue weighted by Gasteiger charge is 2.22. The Hall–Kier alpha value is -1.69. The lowest BCUT2D eigenvalue weighted by Crippen LogP contribution is -2.03. The van der Waals surface area contributed by atoms with Gasteiger partial charge in [-0.3, -0.25) is 0 Å². The van der Waals surface area contributed by atoms with Crippen molar-refractivity contribution in [2.24, 2.45) is 0 Å². The lowest BCUT2D eigenvalue weighted by molar-refractivity contribution is -0.0494. The van der Waals surface area contributed by atoms with Gasteiger partial charge in [-0.2, -0.15) is 8.78 Å². The molecule has 1 aliphatic carbocycles. The van der Waals surface area contributed by atoms with Crippen LogP contribution in [0.2, 0.25) is 0 Å². The van der Waals surface area contributed by atoms with Crippen molar-refractivity contribution >= 4 is 16.5 Å². The van der Waals surface area contributed by atoms with Gasteiger partial charge in [0.05, 0.1) is 5.69 Å². The Kier molecular flexibility index (Phi) is 3.56. The van der Waals surface area contributed by atoms with Crippen LogP contribution in [0.15, 0.2) is 23.6 Å². The van der Waals surface area contributed by atoms with E-state index in [9.17, 15) is 8.78 Å². The highest BCUT2D eigenvalue weighted by molar-refractivity contribution is 7.14. The molecule has 1 aromatic heterocycles. The lowest BCUT2D eigenvalue weighted by Gasteiger charge is -2.09. The summed E-state index contributed by atoms with van der Waals surface area (Å²) in [7, 11) is 0. The van der Waals surface area contributed by atoms with Gasteiger partial charge in [-0.05, 0) is 31.9 Å². The van der Waals surface area contributed by atoms with E-state index in [1.807, 2.05) is 18.4 Å². The standard InChI is InChI=1S/C14H14F2N2OS/c1-8-2-5-12(19-13(15)16)10(6-8)11-7-20-14(18-11)17-9-3-4-9/h2,5-7,9,13H,3-4H2,1H3,(H,17,18). The molecule has 0 unspecified atom stereocenters. The van der Waals surface area contributed by atoms with E-state index in [0.717, 1.165) is 10.7 Å². The van der Waals surface area contributed by atoms with Crippen molar-refractivity contribution in [1.82, 2.24) is 4.98 Å². The van der Waals surface area contributed by atoms with Crippen molar-refractivity contribution in [3.63, 3.8) is 0 Å². The third kappa shape index (κ3) is 3.07. The molecule has 0 spiro atoms. The molecule has 3 nitrogen and oxygen atoms in total. The molecule has 0 radical (unpaired) electrons. The van der Waals surface area contributed by atoms with E-state index in [1.54, 1.807) is 12.1 Å². The Morgan fingerprint density at radius 2 is 2.20 bits per heavy atom. The van der Waals surface area contributed by atoms with Gasteiger partial charge in [-0.25, -0.2) is 4.98 Å². The van der Waals surface area contributed by atoms with Crippen LogP contribution in [-0.4, -0.2) is 17.6 Å². The van der Waals surface area contributed by atoms with Gasteiger partial charge >= 0.3 is 6.61 Å². The van der Waals surface area contributed by atoms with E-state index in [1.165, 1.54) is 24.2 Å². The Bertz CT molecular complexity index is 611. The number of thiazole rings is 1. The number of alkyl halides is 2. The molecule has 1 aromatic carbocycles. The van der Waals surface area contributed by atoms with E-state index < -0.39 is 6.61 Å². The molecule has 1 heterocycles. The van der Waals surface area contributed by atoms with Gasteiger partial charge in [0, 0.05) is 17.0 Å². The van der Waals surface area contributed by atoms with Crippen LogP contribution < -0.4 is 10.1 Å². The van der Waals surface area contributed by atoms with Crippen LogP contribution in [0.1, 0.15) is 18.4 Å². The first kappa shape index (κ1) is 13.3. The molecule has 3 rings (SSSR count). The smallest absolute Gasteiger partial charge is 0.387 e. The second-order valence-electron chi connectivity index (χ2n) is 4.83. The molecule has 1 N–H and O–H groups in total. The number of aromatic nitrogens is 1.